The van der Waals surface area contributed by atoms with Gasteiger partial charge in [-0.2, -0.15) is 0 Å². The zero-order chi connectivity index (χ0) is 26.8. The number of amides is 2. The van der Waals surface area contributed by atoms with E-state index >= 15 is 0 Å². The minimum Gasteiger partial charge on any atom is -0.357 e. The molecule has 9 heteroatoms. The second kappa shape index (κ2) is 13.4. The predicted octanol–water partition coefficient (Wildman–Crippen LogP) is 3.96. The van der Waals surface area contributed by atoms with Crippen molar-refractivity contribution in [3.8, 4) is 0 Å². The number of sulfonamides is 1. The molecule has 2 N–H and O–H groups in total. The van der Waals surface area contributed by atoms with Crippen molar-refractivity contribution in [2.75, 3.05) is 13.6 Å². The van der Waals surface area contributed by atoms with E-state index in [4.69, 9.17) is 11.6 Å². The molecule has 0 aromatic heterocycles. The molecule has 196 valence electrons. The fourth-order valence-corrected chi connectivity index (χ4v) is 5.18. The van der Waals surface area contributed by atoms with Gasteiger partial charge in [0, 0.05) is 38.0 Å². The van der Waals surface area contributed by atoms with E-state index in [9.17, 15) is 18.0 Å². The van der Waals surface area contributed by atoms with E-state index in [1.54, 1.807) is 43.1 Å². The van der Waals surface area contributed by atoms with Gasteiger partial charge in [0.15, 0.2) is 0 Å². The van der Waals surface area contributed by atoms with Gasteiger partial charge in [-0.05, 0) is 47.4 Å². The number of nitrogens with one attached hydrogen (secondary N) is 2. The van der Waals surface area contributed by atoms with Crippen molar-refractivity contribution in [2.24, 2.45) is 0 Å². The van der Waals surface area contributed by atoms with E-state index in [2.05, 4.69) is 10.0 Å². The number of nitrogens with zero attached hydrogens (tertiary/aromatic N) is 1. The summed E-state index contributed by atoms with van der Waals surface area (Å²) in [7, 11) is -1.98. The number of halogens is 1. The van der Waals surface area contributed by atoms with Crippen LogP contribution in [0.15, 0.2) is 83.8 Å². The molecule has 2 amide bonds. The number of rotatable bonds is 12. The number of benzene rings is 3. The normalized spacial score (nSPS) is 12.1. The average molecular weight is 542 g/mol. The van der Waals surface area contributed by atoms with Crippen molar-refractivity contribution in [1.82, 2.24) is 14.9 Å². The van der Waals surface area contributed by atoms with E-state index in [0.717, 1.165) is 16.7 Å². The van der Waals surface area contributed by atoms with Crippen molar-refractivity contribution in [3.63, 3.8) is 0 Å². The van der Waals surface area contributed by atoms with Crippen LogP contribution in [0, 0.1) is 0 Å². The minimum atomic E-state index is -3.54. The molecule has 0 fully saturated rings. The van der Waals surface area contributed by atoms with Gasteiger partial charge < -0.3 is 10.2 Å². The number of aryl methyl sites for hydroxylation is 1. The van der Waals surface area contributed by atoms with Crippen LogP contribution < -0.4 is 10.0 Å². The van der Waals surface area contributed by atoms with Gasteiger partial charge in [0.2, 0.25) is 21.8 Å². The van der Waals surface area contributed by atoms with Gasteiger partial charge in [-0.25, -0.2) is 13.1 Å². The molecule has 0 heterocycles. The maximum Gasteiger partial charge on any atom is 0.242 e. The summed E-state index contributed by atoms with van der Waals surface area (Å²) in [6.45, 7) is 2.27. The van der Waals surface area contributed by atoms with Crippen molar-refractivity contribution in [1.29, 1.82) is 0 Å². The molecule has 0 aliphatic rings. The van der Waals surface area contributed by atoms with Gasteiger partial charge in [-0.3, -0.25) is 9.59 Å². The lowest BCUT2D eigenvalue weighted by Gasteiger charge is -2.31. The van der Waals surface area contributed by atoms with E-state index in [-0.39, 0.29) is 29.7 Å². The third-order valence-electron chi connectivity index (χ3n) is 5.98. The van der Waals surface area contributed by atoms with E-state index in [1.807, 2.05) is 42.5 Å². The Hall–Kier alpha value is -3.20. The summed E-state index contributed by atoms with van der Waals surface area (Å²) in [4.78, 5) is 28.3. The third kappa shape index (κ3) is 8.15. The first-order chi connectivity index (χ1) is 17.7. The summed E-state index contributed by atoms with van der Waals surface area (Å²) in [5, 5.41) is 3.29. The molecule has 0 bridgehead atoms. The summed E-state index contributed by atoms with van der Waals surface area (Å²) in [6.07, 6.45) is 0.940. The molecule has 0 aliphatic heterocycles. The van der Waals surface area contributed by atoms with E-state index < -0.39 is 16.1 Å². The maximum atomic E-state index is 13.6. The van der Waals surface area contributed by atoms with Crippen molar-refractivity contribution in [2.45, 2.75) is 43.7 Å². The number of hydrogen-bond donors (Lipinski definition) is 2. The first-order valence-electron chi connectivity index (χ1n) is 12.1. The van der Waals surface area contributed by atoms with Gasteiger partial charge >= 0.3 is 0 Å². The van der Waals surface area contributed by atoms with Gasteiger partial charge in [0.05, 0.1) is 4.90 Å². The van der Waals surface area contributed by atoms with Crippen LogP contribution in [0.5, 0.6) is 0 Å². The van der Waals surface area contributed by atoms with E-state index in [0.29, 0.717) is 24.4 Å². The second-order valence-corrected chi connectivity index (χ2v) is 10.8. The van der Waals surface area contributed by atoms with Crippen molar-refractivity contribution < 1.29 is 18.0 Å². The highest BCUT2D eigenvalue weighted by atomic mass is 35.5. The zero-order valence-electron chi connectivity index (χ0n) is 21.0. The second-order valence-electron chi connectivity index (χ2n) is 8.61. The molecule has 3 rings (SSSR count). The lowest BCUT2D eigenvalue weighted by molar-refractivity contribution is -0.141. The molecule has 0 saturated carbocycles. The Balaban J connectivity index is 1.82. The zero-order valence-corrected chi connectivity index (χ0v) is 22.6. The van der Waals surface area contributed by atoms with Crippen LogP contribution in [0.2, 0.25) is 5.02 Å². The molecule has 0 radical (unpaired) electrons. The molecular formula is C28H32ClN3O4S. The molecule has 3 aromatic carbocycles. The fourth-order valence-electron chi connectivity index (χ4n) is 4.01. The summed E-state index contributed by atoms with van der Waals surface area (Å²) in [5.74, 6) is -0.423. The number of carbonyl (C=O) groups is 2. The summed E-state index contributed by atoms with van der Waals surface area (Å²) in [5.41, 5.74) is 2.63. The largest absolute Gasteiger partial charge is 0.357 e. The molecule has 3 aromatic rings. The van der Waals surface area contributed by atoms with Crippen LogP contribution in [-0.2, 0) is 39.0 Å². The van der Waals surface area contributed by atoms with Crippen molar-refractivity contribution in [3.05, 3.63) is 101 Å². The molecular weight excluding hydrogens is 510 g/mol. The third-order valence-corrected chi connectivity index (χ3v) is 7.79. The summed E-state index contributed by atoms with van der Waals surface area (Å²) < 4.78 is 26.8. The van der Waals surface area contributed by atoms with Gasteiger partial charge in [-0.15, -0.1) is 0 Å². The molecule has 0 spiro atoms. The lowest BCUT2D eigenvalue weighted by atomic mass is 10.0. The number of hydrogen-bond acceptors (Lipinski definition) is 4. The highest BCUT2D eigenvalue weighted by Crippen LogP contribution is 2.19. The minimum absolute atomic E-state index is 0.162. The van der Waals surface area contributed by atoms with Crippen LogP contribution in [0.1, 0.15) is 30.0 Å². The van der Waals surface area contributed by atoms with Crippen LogP contribution in [0.3, 0.4) is 0 Å². The maximum absolute atomic E-state index is 13.6. The summed E-state index contributed by atoms with van der Waals surface area (Å²) >= 11 is 6.04. The molecule has 7 nitrogen and oxygen atoms in total. The average Bonchev–Trinajstić information content (AvgIpc) is 2.90. The van der Waals surface area contributed by atoms with Crippen LogP contribution >= 0.6 is 11.6 Å². The van der Waals surface area contributed by atoms with Gasteiger partial charge in [-0.1, -0.05) is 73.1 Å². The Kier molecular flexibility index (Phi) is 10.3. The topological polar surface area (TPSA) is 95.6 Å². The first kappa shape index (κ1) is 28.4. The molecule has 0 unspecified atom stereocenters. The Morgan fingerprint density at radius 2 is 1.51 bits per heavy atom. The lowest BCUT2D eigenvalue weighted by Crippen LogP contribution is -2.49. The van der Waals surface area contributed by atoms with E-state index in [1.165, 1.54) is 12.1 Å². The quantitative estimate of drug-likeness (QED) is 0.363. The standard InChI is InChI=1S/C28H32ClN3O4S/c1-3-31-37(35,36)25-16-11-21(12-17-25)13-18-27(33)32(20-23-9-14-24(29)15-10-23)26(28(34)30-2)19-22-7-5-4-6-8-22/h4-12,14-17,26,31H,3,13,18-20H2,1-2H3,(H,30,34)/t26-/m1/s1. The predicted molar refractivity (Wildman–Crippen MR) is 146 cm³/mol. The van der Waals surface area contributed by atoms with Crippen molar-refractivity contribution >= 4 is 33.4 Å². The Labute approximate surface area is 223 Å². The molecule has 37 heavy (non-hydrogen) atoms. The van der Waals surface area contributed by atoms with Crippen LogP contribution in [0.25, 0.3) is 0 Å². The van der Waals surface area contributed by atoms with Crippen LogP contribution in [0.4, 0.5) is 0 Å². The number of likely N-dealkylation sites (N-methyl/N-ethyl adjacent to an activating group) is 1. The highest BCUT2D eigenvalue weighted by Gasteiger charge is 2.29. The van der Waals surface area contributed by atoms with Crippen LogP contribution in [-0.4, -0.2) is 44.8 Å². The monoisotopic (exact) mass is 541 g/mol. The molecule has 0 saturated heterocycles. The summed E-state index contributed by atoms with van der Waals surface area (Å²) in [6, 6.07) is 22.6. The van der Waals surface area contributed by atoms with Gasteiger partial charge in [0.1, 0.15) is 6.04 Å². The highest BCUT2D eigenvalue weighted by molar-refractivity contribution is 7.89. The number of carbonyl (C=O) groups excluding carboxylic acids is 2. The smallest absolute Gasteiger partial charge is 0.242 e. The van der Waals surface area contributed by atoms with Gasteiger partial charge in [0.25, 0.3) is 0 Å². The molecule has 0 aliphatic carbocycles. The molecule has 1 atom stereocenters. The Morgan fingerprint density at radius 3 is 2.11 bits per heavy atom. The Bertz CT molecular complexity index is 1280. The first-order valence-corrected chi connectivity index (χ1v) is 14.0. The SMILES string of the molecule is CCNS(=O)(=O)c1ccc(CCC(=O)N(Cc2ccc(Cl)cc2)[C@H](Cc2ccccc2)C(=O)NC)cc1. The fraction of sp³-hybridized carbons (Fsp3) is 0.286. The Morgan fingerprint density at radius 1 is 0.892 bits per heavy atom.